The quantitative estimate of drug-likeness (QED) is 0.624. The Bertz CT molecular complexity index is 115. The Morgan fingerprint density at radius 1 is 1.36 bits per heavy atom. The molecule has 11 heavy (non-hydrogen) atoms. The minimum Gasteiger partial charge on any atom is -0.465 e. The Hall–Kier alpha value is -0.730. The molecule has 0 saturated carbocycles. The Labute approximate surface area is 68.0 Å². The monoisotopic (exact) mass is 159 g/mol. The molecule has 0 rings (SSSR count). The van der Waals surface area contributed by atoms with Crippen molar-refractivity contribution in [1.29, 1.82) is 0 Å². The van der Waals surface area contributed by atoms with E-state index in [1.54, 1.807) is 7.05 Å². The second kappa shape index (κ2) is 6.01. The summed E-state index contributed by atoms with van der Waals surface area (Å²) >= 11 is 0. The Morgan fingerprint density at radius 3 is 2.45 bits per heavy atom. The van der Waals surface area contributed by atoms with E-state index in [2.05, 4.69) is 6.92 Å². The Morgan fingerprint density at radius 2 is 2.00 bits per heavy atom. The van der Waals surface area contributed by atoms with Crippen LogP contribution in [0.2, 0.25) is 0 Å². The highest BCUT2D eigenvalue weighted by Gasteiger charge is 2.02. The normalized spacial score (nSPS) is 9.64. The van der Waals surface area contributed by atoms with Crippen LogP contribution in [0.25, 0.3) is 0 Å². The summed E-state index contributed by atoms with van der Waals surface area (Å²) in [4.78, 5) is 11.6. The van der Waals surface area contributed by atoms with Gasteiger partial charge in [-0.15, -0.1) is 0 Å². The lowest BCUT2D eigenvalue weighted by molar-refractivity contribution is 0.155. The molecule has 0 aliphatic rings. The summed E-state index contributed by atoms with van der Waals surface area (Å²) in [6.07, 6.45) is 3.68. The molecule has 0 aliphatic carbocycles. The van der Waals surface area contributed by atoms with Crippen molar-refractivity contribution in [1.82, 2.24) is 4.90 Å². The lowest BCUT2D eigenvalue weighted by Gasteiger charge is -2.11. The van der Waals surface area contributed by atoms with Gasteiger partial charge in [0.05, 0.1) is 0 Å². The zero-order valence-corrected chi connectivity index (χ0v) is 7.34. The third-order valence-corrected chi connectivity index (χ3v) is 1.67. The lowest BCUT2D eigenvalue weighted by atomic mass is 10.2. The summed E-state index contributed by atoms with van der Waals surface area (Å²) < 4.78 is 0. The molecule has 0 atom stereocenters. The van der Waals surface area contributed by atoms with Crippen molar-refractivity contribution in [3.63, 3.8) is 0 Å². The van der Waals surface area contributed by atoms with Gasteiger partial charge in [-0.1, -0.05) is 26.2 Å². The van der Waals surface area contributed by atoms with Gasteiger partial charge in [0.1, 0.15) is 0 Å². The fourth-order valence-corrected chi connectivity index (χ4v) is 0.871. The van der Waals surface area contributed by atoms with E-state index in [1.165, 1.54) is 17.7 Å². The molecule has 0 aliphatic heterocycles. The highest BCUT2D eigenvalue weighted by Crippen LogP contribution is 1.99. The summed E-state index contributed by atoms with van der Waals surface area (Å²) in [5, 5.41) is 8.46. The average Bonchev–Trinajstić information content (AvgIpc) is 1.97. The molecular formula is C8H17NO2. The van der Waals surface area contributed by atoms with E-state index < -0.39 is 6.09 Å². The van der Waals surface area contributed by atoms with Crippen LogP contribution in [0, 0.1) is 0 Å². The molecule has 1 amide bonds. The third kappa shape index (κ3) is 5.70. The number of hydrogen-bond donors (Lipinski definition) is 1. The first-order chi connectivity index (χ1) is 5.18. The molecule has 0 aromatic rings. The molecule has 0 saturated heterocycles. The van der Waals surface area contributed by atoms with E-state index in [9.17, 15) is 4.79 Å². The maximum absolute atomic E-state index is 10.3. The topological polar surface area (TPSA) is 40.5 Å². The van der Waals surface area contributed by atoms with Crippen LogP contribution in [-0.2, 0) is 0 Å². The second-order valence-electron chi connectivity index (χ2n) is 2.76. The number of carbonyl (C=O) groups is 1. The van der Waals surface area contributed by atoms with E-state index in [0.717, 1.165) is 12.8 Å². The minimum atomic E-state index is -0.832. The molecule has 0 spiro atoms. The van der Waals surface area contributed by atoms with Gasteiger partial charge in [0.2, 0.25) is 0 Å². The molecule has 3 nitrogen and oxygen atoms in total. The maximum atomic E-state index is 10.3. The van der Waals surface area contributed by atoms with E-state index in [0.29, 0.717) is 6.54 Å². The van der Waals surface area contributed by atoms with Gasteiger partial charge in [-0.3, -0.25) is 0 Å². The highest BCUT2D eigenvalue weighted by molar-refractivity contribution is 5.64. The largest absolute Gasteiger partial charge is 0.465 e. The molecule has 66 valence electrons. The lowest BCUT2D eigenvalue weighted by Crippen LogP contribution is -2.25. The number of amides is 1. The molecular weight excluding hydrogens is 142 g/mol. The van der Waals surface area contributed by atoms with Crippen molar-refractivity contribution in [3.8, 4) is 0 Å². The maximum Gasteiger partial charge on any atom is 0.407 e. The van der Waals surface area contributed by atoms with Crippen molar-refractivity contribution < 1.29 is 9.90 Å². The molecule has 0 bridgehead atoms. The Balaban J connectivity index is 3.17. The van der Waals surface area contributed by atoms with Crippen LogP contribution >= 0.6 is 0 Å². The predicted octanol–water partition coefficient (Wildman–Crippen LogP) is 2.18. The molecule has 1 N–H and O–H groups in total. The van der Waals surface area contributed by atoms with Crippen molar-refractivity contribution in [3.05, 3.63) is 0 Å². The highest BCUT2D eigenvalue weighted by atomic mass is 16.4. The first-order valence-electron chi connectivity index (χ1n) is 4.12. The van der Waals surface area contributed by atoms with Crippen LogP contribution < -0.4 is 0 Å². The fraction of sp³-hybridized carbons (Fsp3) is 0.875. The van der Waals surface area contributed by atoms with Crippen LogP contribution in [0.3, 0.4) is 0 Å². The van der Waals surface area contributed by atoms with Crippen LogP contribution in [0.15, 0.2) is 0 Å². The first kappa shape index (κ1) is 10.3. The fourth-order valence-electron chi connectivity index (χ4n) is 0.871. The number of nitrogens with zero attached hydrogens (tertiary/aromatic N) is 1. The van der Waals surface area contributed by atoms with Crippen molar-refractivity contribution in [2.75, 3.05) is 13.6 Å². The van der Waals surface area contributed by atoms with E-state index in [4.69, 9.17) is 5.11 Å². The molecule has 0 unspecified atom stereocenters. The first-order valence-corrected chi connectivity index (χ1v) is 4.12. The molecule has 0 radical (unpaired) electrons. The number of hydrogen-bond acceptors (Lipinski definition) is 1. The minimum absolute atomic E-state index is 0.662. The van der Waals surface area contributed by atoms with Gasteiger partial charge in [-0.2, -0.15) is 0 Å². The molecule has 0 aromatic carbocycles. The average molecular weight is 159 g/mol. The van der Waals surface area contributed by atoms with Crippen molar-refractivity contribution in [2.45, 2.75) is 32.6 Å². The molecule has 3 heteroatoms. The second-order valence-corrected chi connectivity index (χ2v) is 2.76. The summed E-state index contributed by atoms with van der Waals surface area (Å²) in [6.45, 7) is 2.80. The van der Waals surface area contributed by atoms with Gasteiger partial charge in [0, 0.05) is 13.6 Å². The van der Waals surface area contributed by atoms with Crippen LogP contribution in [0.5, 0.6) is 0 Å². The van der Waals surface area contributed by atoms with Crippen molar-refractivity contribution >= 4 is 6.09 Å². The zero-order chi connectivity index (χ0) is 8.69. The molecule has 0 heterocycles. The van der Waals surface area contributed by atoms with Gasteiger partial charge < -0.3 is 10.0 Å². The summed E-state index contributed by atoms with van der Waals surface area (Å²) in [7, 11) is 1.61. The van der Waals surface area contributed by atoms with E-state index in [1.807, 2.05) is 0 Å². The van der Waals surface area contributed by atoms with Gasteiger partial charge >= 0.3 is 6.09 Å². The molecule has 0 aromatic heterocycles. The smallest absolute Gasteiger partial charge is 0.407 e. The summed E-state index contributed by atoms with van der Waals surface area (Å²) in [6, 6.07) is 0. The third-order valence-electron chi connectivity index (χ3n) is 1.67. The summed E-state index contributed by atoms with van der Waals surface area (Å²) in [5.41, 5.74) is 0. The van der Waals surface area contributed by atoms with E-state index in [-0.39, 0.29) is 0 Å². The summed E-state index contributed by atoms with van der Waals surface area (Å²) in [5.74, 6) is 0. The van der Waals surface area contributed by atoms with Gasteiger partial charge in [-0.25, -0.2) is 4.79 Å². The van der Waals surface area contributed by atoms with Crippen LogP contribution in [0.4, 0.5) is 4.79 Å². The Kier molecular flexibility index (Phi) is 5.61. The number of carboxylic acid groups (broad SMARTS) is 1. The van der Waals surface area contributed by atoms with Gasteiger partial charge in [-0.05, 0) is 6.42 Å². The number of rotatable bonds is 5. The SMILES string of the molecule is CCCCCCN(C)C(=O)O. The molecule has 0 fully saturated rings. The van der Waals surface area contributed by atoms with Crippen LogP contribution in [-0.4, -0.2) is 29.7 Å². The van der Waals surface area contributed by atoms with Crippen molar-refractivity contribution in [2.24, 2.45) is 0 Å². The number of unbranched alkanes of at least 4 members (excludes halogenated alkanes) is 3. The van der Waals surface area contributed by atoms with Gasteiger partial charge in [0.15, 0.2) is 0 Å². The predicted molar refractivity (Wildman–Crippen MR) is 44.8 cm³/mol. The van der Waals surface area contributed by atoms with Gasteiger partial charge in [0.25, 0.3) is 0 Å². The van der Waals surface area contributed by atoms with E-state index >= 15 is 0 Å². The standard InChI is InChI=1S/C8H17NO2/c1-3-4-5-6-7-9(2)8(10)11/h3-7H2,1-2H3,(H,10,11). The zero-order valence-electron chi connectivity index (χ0n) is 7.34. The van der Waals surface area contributed by atoms with Crippen LogP contribution in [0.1, 0.15) is 32.6 Å².